The second-order valence-corrected chi connectivity index (χ2v) is 4.12. The smallest absolute Gasteiger partial charge is 0.239 e. The molecule has 0 radical (unpaired) electrons. The highest BCUT2D eigenvalue weighted by molar-refractivity contribution is 6.32. The van der Waals surface area contributed by atoms with Gasteiger partial charge in [0, 0.05) is 0 Å². The number of nitrogens with two attached hydrogens (primary N) is 1. The number of hydrogen-bond donors (Lipinski definition) is 3. The number of aryl methyl sites for hydroxylation is 1. The molecule has 96 valence electrons. The number of nitrogens with zero attached hydrogens (tertiary/aromatic N) is 3. The quantitative estimate of drug-likeness (QED) is 0.575. The number of nitrogens with one attached hydrogen (secondary N) is 2. The number of halogens is 1. The summed E-state index contributed by atoms with van der Waals surface area (Å²) >= 11 is 5.98. The van der Waals surface area contributed by atoms with Crippen LogP contribution in [-0.2, 0) is 0 Å². The third-order valence-electron chi connectivity index (χ3n) is 2.24. The summed E-state index contributed by atoms with van der Waals surface area (Å²) in [5.41, 5.74) is 2.35. The van der Waals surface area contributed by atoms with E-state index in [1.807, 2.05) is 13.8 Å². The molecule has 0 fully saturated rings. The maximum absolute atomic E-state index is 5.98. The van der Waals surface area contributed by atoms with E-state index >= 15 is 0 Å². The summed E-state index contributed by atoms with van der Waals surface area (Å²) in [5, 5.41) is 3.47. The fourth-order valence-electron chi connectivity index (χ4n) is 1.38. The number of anilines is 2. The second-order valence-electron chi connectivity index (χ2n) is 3.71. The van der Waals surface area contributed by atoms with E-state index in [2.05, 4.69) is 25.7 Å². The van der Waals surface area contributed by atoms with Crippen LogP contribution < -0.4 is 16.6 Å². The van der Waals surface area contributed by atoms with Crippen molar-refractivity contribution in [2.75, 3.05) is 10.7 Å². The minimum absolute atomic E-state index is 0.170. The fourth-order valence-corrected chi connectivity index (χ4v) is 1.52. The van der Waals surface area contributed by atoms with Crippen LogP contribution in [0.1, 0.15) is 24.6 Å². The molecule has 0 amide bonds. The van der Waals surface area contributed by atoms with Crippen LogP contribution in [0.5, 0.6) is 0 Å². The zero-order valence-corrected chi connectivity index (χ0v) is 10.7. The van der Waals surface area contributed by atoms with Gasteiger partial charge in [-0.1, -0.05) is 11.6 Å². The minimum atomic E-state index is -0.170. The number of hydrazine groups is 1. The average molecular weight is 269 g/mol. The van der Waals surface area contributed by atoms with Crippen molar-refractivity contribution in [3.63, 3.8) is 0 Å². The molecule has 0 saturated heterocycles. The van der Waals surface area contributed by atoms with Gasteiger partial charge in [-0.2, -0.15) is 4.98 Å². The van der Waals surface area contributed by atoms with Gasteiger partial charge in [-0.15, -0.1) is 0 Å². The average Bonchev–Trinajstić information content (AvgIpc) is 2.79. The van der Waals surface area contributed by atoms with Crippen LogP contribution in [0.3, 0.4) is 0 Å². The predicted molar refractivity (Wildman–Crippen MR) is 68.1 cm³/mol. The molecule has 0 aliphatic rings. The van der Waals surface area contributed by atoms with Crippen molar-refractivity contribution in [1.82, 2.24) is 15.0 Å². The van der Waals surface area contributed by atoms with Gasteiger partial charge in [0.05, 0.1) is 12.4 Å². The van der Waals surface area contributed by atoms with Crippen molar-refractivity contribution in [2.45, 2.75) is 19.9 Å². The number of hydrogen-bond acceptors (Lipinski definition) is 7. The molecule has 0 spiro atoms. The molecule has 1 atom stereocenters. The van der Waals surface area contributed by atoms with Gasteiger partial charge in [-0.3, -0.25) is 5.43 Å². The Morgan fingerprint density at radius 3 is 2.78 bits per heavy atom. The van der Waals surface area contributed by atoms with E-state index in [1.165, 1.54) is 6.20 Å². The Labute approximate surface area is 109 Å². The maximum Gasteiger partial charge on any atom is 0.239 e. The summed E-state index contributed by atoms with van der Waals surface area (Å²) in [6.07, 6.45) is 3.11. The fraction of sp³-hybridized carbons (Fsp3) is 0.300. The van der Waals surface area contributed by atoms with Gasteiger partial charge in [0.2, 0.25) is 11.8 Å². The van der Waals surface area contributed by atoms with Crippen LogP contribution in [0.2, 0.25) is 5.02 Å². The van der Waals surface area contributed by atoms with Gasteiger partial charge in [-0.25, -0.2) is 15.8 Å². The zero-order valence-electron chi connectivity index (χ0n) is 9.94. The van der Waals surface area contributed by atoms with Gasteiger partial charge in [0.15, 0.2) is 5.82 Å². The van der Waals surface area contributed by atoms with Crippen molar-refractivity contribution >= 4 is 23.4 Å². The molecule has 7 nitrogen and oxygen atoms in total. The molecule has 18 heavy (non-hydrogen) atoms. The zero-order chi connectivity index (χ0) is 13.1. The van der Waals surface area contributed by atoms with Gasteiger partial charge in [0.25, 0.3) is 0 Å². The highest BCUT2D eigenvalue weighted by Gasteiger charge is 2.14. The number of oxazole rings is 1. The van der Waals surface area contributed by atoms with Crippen LogP contribution in [-0.4, -0.2) is 15.0 Å². The van der Waals surface area contributed by atoms with Gasteiger partial charge in [-0.05, 0) is 13.8 Å². The summed E-state index contributed by atoms with van der Waals surface area (Å²) in [5.74, 6) is 7.28. The van der Waals surface area contributed by atoms with Crippen LogP contribution in [0.25, 0.3) is 0 Å². The van der Waals surface area contributed by atoms with E-state index < -0.39 is 0 Å². The molecule has 4 N–H and O–H groups in total. The van der Waals surface area contributed by atoms with Gasteiger partial charge < -0.3 is 9.73 Å². The summed E-state index contributed by atoms with van der Waals surface area (Å²) in [6, 6.07) is -0.170. The van der Waals surface area contributed by atoms with Gasteiger partial charge >= 0.3 is 0 Å². The molecule has 0 saturated carbocycles. The Bertz CT molecular complexity index is 543. The Kier molecular flexibility index (Phi) is 3.63. The molecule has 1 unspecified atom stereocenters. The lowest BCUT2D eigenvalue weighted by Gasteiger charge is -2.12. The number of rotatable bonds is 4. The molecule has 0 bridgehead atoms. The lowest BCUT2D eigenvalue weighted by Crippen LogP contribution is -2.13. The maximum atomic E-state index is 5.98. The molecule has 2 aromatic rings. The Morgan fingerprint density at radius 1 is 1.39 bits per heavy atom. The summed E-state index contributed by atoms with van der Waals surface area (Å²) in [7, 11) is 0. The topological polar surface area (TPSA) is 102 Å². The van der Waals surface area contributed by atoms with Crippen LogP contribution in [0.4, 0.5) is 11.8 Å². The molecule has 2 heterocycles. The molecular weight excluding hydrogens is 256 g/mol. The molecule has 2 rings (SSSR count). The Balaban J connectivity index is 2.18. The van der Waals surface area contributed by atoms with Crippen molar-refractivity contribution in [2.24, 2.45) is 5.84 Å². The van der Waals surface area contributed by atoms with Crippen molar-refractivity contribution in [1.29, 1.82) is 0 Å². The first-order valence-electron chi connectivity index (χ1n) is 5.28. The van der Waals surface area contributed by atoms with Crippen molar-refractivity contribution in [3.05, 3.63) is 29.1 Å². The van der Waals surface area contributed by atoms with Crippen molar-refractivity contribution < 1.29 is 4.42 Å². The summed E-state index contributed by atoms with van der Waals surface area (Å²) < 4.78 is 5.41. The van der Waals surface area contributed by atoms with Crippen LogP contribution in [0.15, 0.2) is 16.8 Å². The highest BCUT2D eigenvalue weighted by Crippen LogP contribution is 2.24. The molecule has 2 aromatic heterocycles. The van der Waals surface area contributed by atoms with Crippen LogP contribution in [0, 0.1) is 6.92 Å². The number of nitrogen functional groups attached to an aromatic ring is 1. The van der Waals surface area contributed by atoms with E-state index in [-0.39, 0.29) is 12.0 Å². The van der Waals surface area contributed by atoms with Crippen molar-refractivity contribution in [3.8, 4) is 0 Å². The van der Waals surface area contributed by atoms with E-state index in [1.54, 1.807) is 6.20 Å². The van der Waals surface area contributed by atoms with E-state index in [4.69, 9.17) is 21.9 Å². The summed E-state index contributed by atoms with van der Waals surface area (Å²) in [4.78, 5) is 12.1. The third kappa shape index (κ3) is 2.69. The summed E-state index contributed by atoms with van der Waals surface area (Å²) in [6.45, 7) is 3.72. The first kappa shape index (κ1) is 12.6. The SMILES string of the molecule is Cc1cnc(C(C)Nc2nc(NN)ncc2Cl)o1. The first-order chi connectivity index (χ1) is 8.60. The molecule has 0 aliphatic carbocycles. The molecular formula is C10H13ClN6O. The standard InChI is InChI=1S/C10H13ClN6O/c1-5-3-13-9(18-5)6(2)15-8-7(11)4-14-10(16-8)17-12/h3-4,6H,12H2,1-2H3,(H2,14,15,16,17). The van der Waals surface area contributed by atoms with Crippen LogP contribution >= 0.6 is 11.6 Å². The molecule has 0 aliphatic heterocycles. The number of aromatic nitrogens is 3. The van der Waals surface area contributed by atoms with E-state index in [0.29, 0.717) is 16.7 Å². The minimum Gasteiger partial charge on any atom is -0.444 e. The molecule has 8 heteroatoms. The largest absolute Gasteiger partial charge is 0.444 e. The lowest BCUT2D eigenvalue weighted by atomic mass is 10.3. The highest BCUT2D eigenvalue weighted by atomic mass is 35.5. The van der Waals surface area contributed by atoms with E-state index in [0.717, 1.165) is 5.76 Å². The second kappa shape index (κ2) is 5.19. The van der Waals surface area contributed by atoms with Gasteiger partial charge in [0.1, 0.15) is 16.8 Å². The Hall–Kier alpha value is -1.86. The van der Waals surface area contributed by atoms with E-state index in [9.17, 15) is 0 Å². The monoisotopic (exact) mass is 268 g/mol. The first-order valence-corrected chi connectivity index (χ1v) is 5.66. The normalized spacial score (nSPS) is 12.2. The Morgan fingerprint density at radius 2 is 2.17 bits per heavy atom. The third-order valence-corrected chi connectivity index (χ3v) is 2.51. The predicted octanol–water partition coefficient (Wildman–Crippen LogP) is 1.89. The molecule has 0 aromatic carbocycles. The lowest BCUT2D eigenvalue weighted by molar-refractivity contribution is 0.453.